The van der Waals surface area contributed by atoms with Crippen LogP contribution in [0.1, 0.15) is 13.8 Å². The van der Waals surface area contributed by atoms with Gasteiger partial charge in [0.1, 0.15) is 30.7 Å². The zero-order valence-corrected chi connectivity index (χ0v) is 16.0. The van der Waals surface area contributed by atoms with E-state index in [4.69, 9.17) is 0 Å². The number of pyridine rings is 2. The van der Waals surface area contributed by atoms with Gasteiger partial charge in [0.25, 0.3) is 0 Å². The van der Waals surface area contributed by atoms with Crippen LogP contribution in [0, 0.1) is 0 Å². The second-order valence-corrected chi connectivity index (χ2v) is 9.75. The molecule has 2 rings (SSSR count). The molecule has 10 heteroatoms. The molecule has 0 saturated heterocycles. The van der Waals surface area contributed by atoms with Crippen molar-refractivity contribution in [2.45, 2.75) is 37.4 Å². The van der Waals surface area contributed by atoms with E-state index in [1.807, 2.05) is 0 Å². The molecule has 0 aliphatic rings. The van der Waals surface area contributed by atoms with Gasteiger partial charge in [-0.15, -0.1) is 0 Å². The summed E-state index contributed by atoms with van der Waals surface area (Å²) in [6.07, 6.45) is 6.74. The molecule has 0 bridgehead atoms. The summed E-state index contributed by atoms with van der Waals surface area (Å²) in [6.45, 7) is 2.87. The molecule has 2 aromatic heterocycles. The van der Waals surface area contributed by atoms with E-state index >= 15 is 0 Å². The van der Waals surface area contributed by atoms with Crippen LogP contribution in [0.3, 0.4) is 0 Å². The minimum atomic E-state index is -4.33. The first-order valence-corrected chi connectivity index (χ1v) is 10.8. The number of nitrogens with zero attached hydrogens (tertiary/aromatic N) is 2. The van der Waals surface area contributed by atoms with Crippen LogP contribution in [0.15, 0.2) is 49.1 Å². The molecule has 0 spiro atoms. The van der Waals surface area contributed by atoms with Gasteiger partial charge in [-0.3, -0.25) is 0 Å². The van der Waals surface area contributed by atoms with Crippen molar-refractivity contribution in [1.29, 1.82) is 0 Å². The van der Waals surface area contributed by atoms with E-state index in [9.17, 15) is 25.9 Å². The molecule has 0 radical (unpaired) electrons. The number of hydrogen-bond donors (Lipinski definition) is 0. The largest absolute Gasteiger partial charge is 0.748 e. The third kappa shape index (κ3) is 5.56. The van der Waals surface area contributed by atoms with Crippen molar-refractivity contribution < 1.29 is 35.1 Å². The molecule has 2 unspecified atom stereocenters. The Morgan fingerprint density at radius 2 is 1.00 bits per heavy atom. The third-order valence-electron chi connectivity index (χ3n) is 4.04. The molecule has 0 amide bonds. The maximum absolute atomic E-state index is 11.0. The quantitative estimate of drug-likeness (QED) is 0.468. The minimum Gasteiger partial charge on any atom is -0.748 e. The Kier molecular flexibility index (Phi) is 6.12. The van der Waals surface area contributed by atoms with Crippen molar-refractivity contribution in [3.05, 3.63) is 49.1 Å². The van der Waals surface area contributed by atoms with Gasteiger partial charge in [-0.25, -0.2) is 26.0 Å². The first-order chi connectivity index (χ1) is 12.0. The molecule has 0 N–H and O–H groups in total. The highest BCUT2D eigenvalue weighted by Gasteiger charge is 2.17. The van der Waals surface area contributed by atoms with E-state index < -0.39 is 30.7 Å². The van der Waals surface area contributed by atoms with Crippen LogP contribution in [0.25, 0.3) is 11.1 Å². The van der Waals surface area contributed by atoms with Crippen molar-refractivity contribution in [3.8, 4) is 11.1 Å². The lowest BCUT2D eigenvalue weighted by molar-refractivity contribution is -0.696. The predicted octanol–water partition coefficient (Wildman–Crippen LogP) is -0.204. The Balaban J connectivity index is 2.10. The van der Waals surface area contributed by atoms with Crippen molar-refractivity contribution >= 4 is 20.2 Å². The molecule has 0 aliphatic carbocycles. The van der Waals surface area contributed by atoms with Gasteiger partial charge >= 0.3 is 0 Å². The lowest BCUT2D eigenvalue weighted by Crippen LogP contribution is -2.41. The lowest BCUT2D eigenvalue weighted by Gasteiger charge is -2.13. The highest BCUT2D eigenvalue weighted by atomic mass is 32.2. The summed E-state index contributed by atoms with van der Waals surface area (Å²) in [4.78, 5) is 0. The van der Waals surface area contributed by atoms with Gasteiger partial charge in [0.2, 0.25) is 0 Å². The molecule has 0 fully saturated rings. The van der Waals surface area contributed by atoms with Crippen LogP contribution >= 0.6 is 0 Å². The molecule has 2 heterocycles. The van der Waals surface area contributed by atoms with Crippen LogP contribution in [0.5, 0.6) is 0 Å². The average molecular weight is 400 g/mol. The van der Waals surface area contributed by atoms with E-state index in [1.54, 1.807) is 58.2 Å². The Bertz CT molecular complexity index is 873. The summed E-state index contributed by atoms with van der Waals surface area (Å²) in [6, 6.07) is 7.15. The van der Waals surface area contributed by atoms with Crippen molar-refractivity contribution in [2.75, 3.05) is 0 Å². The first-order valence-electron chi connectivity index (χ1n) is 7.85. The molecule has 0 saturated carbocycles. The Morgan fingerprint density at radius 3 is 1.23 bits per heavy atom. The van der Waals surface area contributed by atoms with E-state index in [1.165, 1.54) is 13.8 Å². The van der Waals surface area contributed by atoms with Crippen molar-refractivity contribution in [2.24, 2.45) is 0 Å². The first kappa shape index (κ1) is 20.4. The van der Waals surface area contributed by atoms with Gasteiger partial charge < -0.3 is 9.11 Å². The zero-order chi connectivity index (χ0) is 19.5. The van der Waals surface area contributed by atoms with Gasteiger partial charge in [0.05, 0.1) is 0 Å². The number of rotatable bonds is 7. The van der Waals surface area contributed by atoms with E-state index in [-0.39, 0.29) is 13.1 Å². The SMILES string of the molecule is CC(C[n+]1ccc(-c2cc[n+](CC(C)S(=O)(=O)[O-])cc2)cc1)S(=O)(=O)[O-]. The topological polar surface area (TPSA) is 122 Å². The summed E-state index contributed by atoms with van der Waals surface area (Å²) in [5.41, 5.74) is 1.74. The van der Waals surface area contributed by atoms with Crippen molar-refractivity contribution in [3.63, 3.8) is 0 Å². The van der Waals surface area contributed by atoms with E-state index in [2.05, 4.69) is 0 Å². The third-order valence-corrected chi connectivity index (χ3v) is 6.31. The minimum absolute atomic E-state index is 0.0719. The van der Waals surface area contributed by atoms with E-state index in [0.29, 0.717) is 0 Å². The second-order valence-electron chi connectivity index (χ2n) is 6.17. The summed E-state index contributed by atoms with van der Waals surface area (Å²) in [7, 11) is -8.65. The fourth-order valence-electron chi connectivity index (χ4n) is 2.32. The van der Waals surface area contributed by atoms with Gasteiger partial charge in [-0.05, 0) is 25.0 Å². The lowest BCUT2D eigenvalue weighted by atomic mass is 10.1. The highest BCUT2D eigenvalue weighted by molar-refractivity contribution is 7.86. The number of aromatic nitrogens is 2. The Hall–Kier alpha value is -1.88. The van der Waals surface area contributed by atoms with Crippen LogP contribution < -0.4 is 9.13 Å². The van der Waals surface area contributed by atoms with Crippen LogP contribution in [-0.2, 0) is 33.3 Å². The summed E-state index contributed by atoms with van der Waals surface area (Å²) in [5, 5.41) is -2.04. The van der Waals surface area contributed by atoms with Crippen molar-refractivity contribution in [1.82, 2.24) is 0 Å². The molecule has 2 atom stereocenters. The number of hydrogen-bond acceptors (Lipinski definition) is 6. The maximum atomic E-state index is 11.0. The summed E-state index contributed by atoms with van der Waals surface area (Å²) in [5.74, 6) is 0. The normalized spacial score (nSPS) is 14.8. The van der Waals surface area contributed by atoms with Crippen LogP contribution in [-0.4, -0.2) is 36.4 Å². The van der Waals surface area contributed by atoms with Gasteiger partial charge in [0, 0.05) is 24.3 Å². The molecule has 0 aromatic carbocycles. The molecule has 142 valence electrons. The molecule has 8 nitrogen and oxygen atoms in total. The smallest absolute Gasteiger partial charge is 0.169 e. The molecule has 2 aromatic rings. The molecule has 26 heavy (non-hydrogen) atoms. The molecular formula is C16H20N2O6S2. The van der Waals surface area contributed by atoms with E-state index in [0.717, 1.165) is 11.1 Å². The summed E-state index contributed by atoms with van der Waals surface area (Å²) < 4.78 is 69.0. The fraction of sp³-hybridized carbons (Fsp3) is 0.375. The Morgan fingerprint density at radius 1 is 0.731 bits per heavy atom. The predicted molar refractivity (Wildman–Crippen MR) is 90.6 cm³/mol. The summed E-state index contributed by atoms with van der Waals surface area (Å²) >= 11 is 0. The van der Waals surface area contributed by atoms with Gasteiger partial charge in [0.15, 0.2) is 37.9 Å². The highest BCUT2D eigenvalue weighted by Crippen LogP contribution is 2.15. The van der Waals surface area contributed by atoms with Gasteiger partial charge in [-0.1, -0.05) is 0 Å². The van der Waals surface area contributed by atoms with Gasteiger partial charge in [-0.2, -0.15) is 0 Å². The second kappa shape index (κ2) is 7.78. The fourth-order valence-corrected chi connectivity index (χ4v) is 3.03. The zero-order valence-electron chi connectivity index (χ0n) is 14.3. The standard InChI is InChI=1S/C16H20N2O6S2/c1-13(25(19,20)21)11-17-7-3-15(4-8-17)16-5-9-18(10-6-16)12-14(2)26(22,23)24/h3-10,13-14H,11-12H2,1-2H3. The maximum Gasteiger partial charge on any atom is 0.169 e. The molecular weight excluding hydrogens is 380 g/mol. The Labute approximate surface area is 153 Å². The average Bonchev–Trinajstić information content (AvgIpc) is 2.54. The van der Waals surface area contributed by atoms with Crippen LogP contribution in [0.4, 0.5) is 0 Å². The monoisotopic (exact) mass is 400 g/mol. The van der Waals surface area contributed by atoms with Crippen LogP contribution in [0.2, 0.25) is 0 Å². The molecule has 0 aliphatic heterocycles.